The molecular formula is C13H11NO5S. The molecule has 0 saturated carbocycles. The highest BCUT2D eigenvalue weighted by molar-refractivity contribution is 7.85. The summed E-state index contributed by atoms with van der Waals surface area (Å²) in [6.45, 7) is 0. The molecular weight excluding hydrogens is 282 g/mol. The fraction of sp³-hybridized carbons (Fsp3) is 0. The van der Waals surface area contributed by atoms with Crippen molar-refractivity contribution in [1.82, 2.24) is 0 Å². The fourth-order valence-corrected chi connectivity index (χ4v) is 2.16. The Balaban J connectivity index is 2.50. The van der Waals surface area contributed by atoms with E-state index < -0.39 is 16.1 Å². The van der Waals surface area contributed by atoms with Crippen LogP contribution in [0.25, 0.3) is 0 Å². The highest BCUT2D eigenvalue weighted by Gasteiger charge is 2.16. The molecule has 0 heterocycles. The predicted octanol–water partition coefficient (Wildman–Crippen LogP) is 2.38. The SMILES string of the molecule is O=C(O)c1ccc(S(=O)(=O)O)cc1Nc1ccccc1. The van der Waals surface area contributed by atoms with Crippen molar-refractivity contribution in [1.29, 1.82) is 0 Å². The molecule has 0 aliphatic heterocycles. The summed E-state index contributed by atoms with van der Waals surface area (Å²) < 4.78 is 31.2. The number of hydrogen-bond donors (Lipinski definition) is 3. The van der Waals surface area contributed by atoms with Crippen LogP contribution in [-0.2, 0) is 10.1 Å². The fourth-order valence-electron chi connectivity index (χ4n) is 1.65. The Morgan fingerprint density at radius 1 is 1.05 bits per heavy atom. The third kappa shape index (κ3) is 3.14. The molecule has 7 heteroatoms. The Kier molecular flexibility index (Phi) is 3.73. The second-order valence-corrected chi connectivity index (χ2v) is 5.40. The third-order valence-corrected chi connectivity index (χ3v) is 3.42. The van der Waals surface area contributed by atoms with Gasteiger partial charge in [0.1, 0.15) is 0 Å². The molecule has 6 nitrogen and oxygen atoms in total. The molecule has 2 aromatic carbocycles. The van der Waals surface area contributed by atoms with Crippen molar-refractivity contribution in [2.45, 2.75) is 4.90 Å². The van der Waals surface area contributed by atoms with Crippen molar-refractivity contribution in [3.05, 3.63) is 54.1 Å². The number of aromatic carboxylic acids is 1. The lowest BCUT2D eigenvalue weighted by Gasteiger charge is -2.10. The zero-order chi connectivity index (χ0) is 14.8. The Hall–Kier alpha value is -2.38. The van der Waals surface area contributed by atoms with E-state index in [1.807, 2.05) is 0 Å². The number of carbonyl (C=O) groups is 1. The summed E-state index contributed by atoms with van der Waals surface area (Å²) in [4.78, 5) is 10.7. The summed E-state index contributed by atoms with van der Waals surface area (Å²) in [5.41, 5.74) is 0.586. The van der Waals surface area contributed by atoms with Gasteiger partial charge in [0.05, 0.1) is 16.1 Å². The van der Waals surface area contributed by atoms with E-state index in [1.54, 1.807) is 30.3 Å². The van der Waals surface area contributed by atoms with Crippen LogP contribution in [0.2, 0.25) is 0 Å². The first-order valence-electron chi connectivity index (χ1n) is 5.55. The van der Waals surface area contributed by atoms with E-state index in [0.29, 0.717) is 5.69 Å². The number of rotatable bonds is 4. The molecule has 104 valence electrons. The summed E-state index contributed by atoms with van der Waals surface area (Å²) >= 11 is 0. The van der Waals surface area contributed by atoms with Crippen molar-refractivity contribution in [3.8, 4) is 0 Å². The molecule has 3 N–H and O–H groups in total. The standard InChI is InChI=1S/C13H11NO5S/c15-13(16)11-7-6-10(20(17,18)19)8-12(11)14-9-4-2-1-3-5-9/h1-8,14H,(H,15,16)(H,17,18,19). The van der Waals surface area contributed by atoms with E-state index >= 15 is 0 Å². The van der Waals surface area contributed by atoms with Gasteiger partial charge in [-0.15, -0.1) is 0 Å². The Morgan fingerprint density at radius 3 is 2.25 bits per heavy atom. The van der Waals surface area contributed by atoms with Crippen molar-refractivity contribution in [2.24, 2.45) is 0 Å². The summed E-state index contributed by atoms with van der Waals surface area (Å²) in [7, 11) is -4.39. The molecule has 0 spiro atoms. The van der Waals surface area contributed by atoms with Crippen molar-refractivity contribution < 1.29 is 22.9 Å². The first-order valence-corrected chi connectivity index (χ1v) is 6.99. The van der Waals surface area contributed by atoms with Gasteiger partial charge in [-0.2, -0.15) is 8.42 Å². The Labute approximate surface area is 115 Å². The topological polar surface area (TPSA) is 104 Å². The molecule has 0 amide bonds. The molecule has 2 rings (SSSR count). The van der Waals surface area contributed by atoms with E-state index in [1.165, 1.54) is 0 Å². The molecule has 0 atom stereocenters. The van der Waals surface area contributed by atoms with Gasteiger partial charge in [-0.1, -0.05) is 18.2 Å². The van der Waals surface area contributed by atoms with Crippen LogP contribution in [0.4, 0.5) is 11.4 Å². The quantitative estimate of drug-likeness (QED) is 0.748. The van der Waals surface area contributed by atoms with Crippen LogP contribution >= 0.6 is 0 Å². The number of nitrogens with one attached hydrogen (secondary N) is 1. The maximum Gasteiger partial charge on any atom is 0.337 e. The van der Waals surface area contributed by atoms with Crippen LogP contribution in [0.5, 0.6) is 0 Å². The largest absolute Gasteiger partial charge is 0.478 e. The lowest BCUT2D eigenvalue weighted by molar-refractivity contribution is 0.0698. The van der Waals surface area contributed by atoms with E-state index in [2.05, 4.69) is 5.32 Å². The molecule has 0 unspecified atom stereocenters. The zero-order valence-corrected chi connectivity index (χ0v) is 11.0. The maximum atomic E-state index is 11.1. The summed E-state index contributed by atoms with van der Waals surface area (Å²) in [6.07, 6.45) is 0. The van der Waals surface area contributed by atoms with Gasteiger partial charge in [0.2, 0.25) is 0 Å². The highest BCUT2D eigenvalue weighted by Crippen LogP contribution is 2.24. The van der Waals surface area contributed by atoms with E-state index in [4.69, 9.17) is 9.66 Å². The first-order chi connectivity index (χ1) is 9.38. The average molecular weight is 293 g/mol. The number of para-hydroxylation sites is 1. The Morgan fingerprint density at radius 2 is 1.70 bits per heavy atom. The van der Waals surface area contributed by atoms with E-state index in [-0.39, 0.29) is 16.1 Å². The maximum absolute atomic E-state index is 11.1. The van der Waals surface area contributed by atoms with Crippen LogP contribution in [0.15, 0.2) is 53.4 Å². The van der Waals surface area contributed by atoms with Crippen LogP contribution < -0.4 is 5.32 Å². The Bertz CT molecular complexity index is 741. The van der Waals surface area contributed by atoms with Gasteiger partial charge in [-0.3, -0.25) is 4.55 Å². The molecule has 0 aliphatic carbocycles. The van der Waals surface area contributed by atoms with Gasteiger partial charge < -0.3 is 10.4 Å². The zero-order valence-electron chi connectivity index (χ0n) is 10.1. The molecule has 2 aromatic rings. The summed E-state index contributed by atoms with van der Waals surface area (Å²) in [5, 5.41) is 11.9. The molecule has 0 fully saturated rings. The predicted molar refractivity (Wildman–Crippen MR) is 72.9 cm³/mol. The van der Waals surface area contributed by atoms with Crippen LogP contribution in [0.1, 0.15) is 10.4 Å². The van der Waals surface area contributed by atoms with Crippen LogP contribution in [0, 0.1) is 0 Å². The number of benzene rings is 2. The second-order valence-electron chi connectivity index (χ2n) is 3.98. The van der Waals surface area contributed by atoms with Gasteiger partial charge in [-0.25, -0.2) is 4.79 Å². The number of carboxylic acid groups (broad SMARTS) is 1. The third-order valence-electron chi connectivity index (χ3n) is 2.57. The van der Waals surface area contributed by atoms with Crippen molar-refractivity contribution >= 4 is 27.5 Å². The first kappa shape index (κ1) is 14.0. The van der Waals surface area contributed by atoms with Gasteiger partial charge in [0.15, 0.2) is 0 Å². The molecule has 0 saturated heterocycles. The van der Waals surface area contributed by atoms with Crippen LogP contribution in [0.3, 0.4) is 0 Å². The molecule has 20 heavy (non-hydrogen) atoms. The number of hydrogen-bond acceptors (Lipinski definition) is 4. The molecule has 0 radical (unpaired) electrons. The highest BCUT2D eigenvalue weighted by atomic mass is 32.2. The van der Waals surface area contributed by atoms with Gasteiger partial charge in [-0.05, 0) is 30.3 Å². The number of carboxylic acids is 1. The second kappa shape index (κ2) is 5.32. The van der Waals surface area contributed by atoms with Crippen molar-refractivity contribution in [3.63, 3.8) is 0 Å². The van der Waals surface area contributed by atoms with Gasteiger partial charge in [0.25, 0.3) is 10.1 Å². The smallest absolute Gasteiger partial charge is 0.337 e. The van der Waals surface area contributed by atoms with Gasteiger partial charge >= 0.3 is 5.97 Å². The normalized spacial score (nSPS) is 11.1. The minimum atomic E-state index is -4.39. The summed E-state index contributed by atoms with van der Waals surface area (Å²) in [6, 6.07) is 11.9. The van der Waals surface area contributed by atoms with Crippen molar-refractivity contribution in [2.75, 3.05) is 5.32 Å². The van der Waals surface area contributed by atoms with Crippen LogP contribution in [-0.4, -0.2) is 24.0 Å². The monoisotopic (exact) mass is 293 g/mol. The molecule has 0 bridgehead atoms. The summed E-state index contributed by atoms with van der Waals surface area (Å²) in [5.74, 6) is -1.20. The van der Waals surface area contributed by atoms with Gasteiger partial charge in [0, 0.05) is 5.69 Å². The lowest BCUT2D eigenvalue weighted by Crippen LogP contribution is -2.06. The lowest BCUT2D eigenvalue weighted by atomic mass is 10.1. The molecule has 0 aliphatic rings. The molecule has 0 aromatic heterocycles. The minimum Gasteiger partial charge on any atom is -0.478 e. The average Bonchev–Trinajstić information content (AvgIpc) is 2.38. The van der Waals surface area contributed by atoms with E-state index in [0.717, 1.165) is 18.2 Å². The minimum absolute atomic E-state index is 0.0822. The number of anilines is 2. The van der Waals surface area contributed by atoms with E-state index in [9.17, 15) is 13.2 Å².